The van der Waals surface area contributed by atoms with Gasteiger partial charge >= 0.3 is 0 Å². The Balaban J connectivity index is 1.84. The average molecular weight is 387 g/mol. The maximum Gasteiger partial charge on any atom is 0.242 e. The van der Waals surface area contributed by atoms with Crippen LogP contribution in [0, 0.1) is 5.92 Å². The molecule has 0 aliphatic carbocycles. The summed E-state index contributed by atoms with van der Waals surface area (Å²) in [5, 5.41) is 7.48. The van der Waals surface area contributed by atoms with Crippen LogP contribution in [0.4, 0.5) is 0 Å². The van der Waals surface area contributed by atoms with E-state index in [4.69, 9.17) is 17.3 Å². The molecule has 1 unspecified atom stereocenters. The van der Waals surface area contributed by atoms with Crippen LogP contribution in [0.15, 0.2) is 48.8 Å². The predicted octanol–water partition coefficient (Wildman–Crippen LogP) is 2.64. The van der Waals surface area contributed by atoms with E-state index < -0.39 is 11.4 Å². The van der Waals surface area contributed by atoms with Crippen LogP contribution >= 0.6 is 11.6 Å². The summed E-state index contributed by atoms with van der Waals surface area (Å²) in [6.07, 6.45) is 7.28. The molecule has 1 atom stereocenters. The van der Waals surface area contributed by atoms with E-state index in [9.17, 15) is 4.79 Å². The molecule has 1 saturated heterocycles. The van der Waals surface area contributed by atoms with Crippen molar-refractivity contribution in [3.63, 3.8) is 0 Å². The van der Waals surface area contributed by atoms with Gasteiger partial charge in [0.15, 0.2) is 0 Å². The van der Waals surface area contributed by atoms with E-state index in [0.717, 1.165) is 37.2 Å². The zero-order valence-electron chi connectivity index (χ0n) is 15.5. The van der Waals surface area contributed by atoms with Crippen LogP contribution in [-0.2, 0) is 16.8 Å². The number of aromatic nitrogens is 1. The van der Waals surface area contributed by atoms with Gasteiger partial charge in [-0.25, -0.2) is 0 Å². The zero-order valence-corrected chi connectivity index (χ0v) is 16.2. The minimum absolute atomic E-state index is 0.396. The minimum Gasteiger partial charge on any atom is -0.368 e. The van der Waals surface area contributed by atoms with Gasteiger partial charge in [0.05, 0.1) is 0 Å². The Labute approximate surface area is 165 Å². The summed E-state index contributed by atoms with van der Waals surface area (Å²) in [6.45, 7) is 2.86. The first kappa shape index (κ1) is 19.8. The summed E-state index contributed by atoms with van der Waals surface area (Å²) in [5.74, 6) is 0.275. The van der Waals surface area contributed by atoms with Crippen molar-refractivity contribution in [2.45, 2.75) is 31.2 Å². The Morgan fingerprint density at radius 3 is 2.67 bits per heavy atom. The molecule has 2 aromatic rings. The molecule has 1 aromatic heterocycles. The molecule has 1 fully saturated rings. The number of nitrogens with zero attached hydrogens (tertiary/aromatic N) is 1. The summed E-state index contributed by atoms with van der Waals surface area (Å²) in [5.41, 5.74) is 6.74. The van der Waals surface area contributed by atoms with Crippen molar-refractivity contribution in [3.8, 4) is 0 Å². The molecule has 0 spiro atoms. The van der Waals surface area contributed by atoms with E-state index in [-0.39, 0.29) is 0 Å². The molecule has 2 heterocycles. The second-order valence-corrected chi connectivity index (χ2v) is 7.66. The lowest BCUT2D eigenvalue weighted by Gasteiger charge is -2.34. The number of halogens is 1. The molecular weight excluding hydrogens is 360 g/mol. The Kier molecular flexibility index (Phi) is 6.83. The molecule has 5 nitrogen and oxygen atoms in total. The molecule has 0 bridgehead atoms. The molecule has 6 heteroatoms. The van der Waals surface area contributed by atoms with Crippen LogP contribution in [0.25, 0.3) is 0 Å². The number of hydrogen-bond donors (Lipinski definition) is 3. The Bertz CT molecular complexity index is 749. The number of primary amides is 1. The molecule has 1 aliphatic rings. The van der Waals surface area contributed by atoms with Crippen LogP contribution in [0.1, 0.15) is 30.4 Å². The predicted molar refractivity (Wildman–Crippen MR) is 108 cm³/mol. The summed E-state index contributed by atoms with van der Waals surface area (Å²) >= 11 is 6.22. The average Bonchev–Trinajstić information content (AvgIpc) is 2.68. The summed E-state index contributed by atoms with van der Waals surface area (Å²) in [4.78, 5) is 16.8. The van der Waals surface area contributed by atoms with Gasteiger partial charge in [-0.05, 0) is 80.2 Å². The molecule has 27 heavy (non-hydrogen) atoms. The number of carbonyl (C=O) groups excluding carboxylic acids is 1. The van der Waals surface area contributed by atoms with Gasteiger partial charge in [-0.2, -0.15) is 0 Å². The first-order chi connectivity index (χ1) is 13.1. The van der Waals surface area contributed by atoms with Gasteiger partial charge in [-0.15, -0.1) is 0 Å². The van der Waals surface area contributed by atoms with Crippen molar-refractivity contribution in [2.24, 2.45) is 11.7 Å². The summed E-state index contributed by atoms with van der Waals surface area (Å²) in [6, 6.07) is 11.2. The molecular formula is C21H27ClN4O. The molecule has 144 valence electrons. The van der Waals surface area contributed by atoms with Crippen molar-refractivity contribution in [1.29, 1.82) is 0 Å². The van der Waals surface area contributed by atoms with Crippen LogP contribution < -0.4 is 16.4 Å². The van der Waals surface area contributed by atoms with Gasteiger partial charge in [0.2, 0.25) is 5.91 Å². The van der Waals surface area contributed by atoms with Crippen LogP contribution in [0.5, 0.6) is 0 Å². The van der Waals surface area contributed by atoms with Crippen molar-refractivity contribution >= 4 is 17.5 Å². The number of pyridine rings is 1. The van der Waals surface area contributed by atoms with Crippen LogP contribution in [0.3, 0.4) is 0 Å². The Morgan fingerprint density at radius 1 is 1.26 bits per heavy atom. The second kappa shape index (κ2) is 9.31. The van der Waals surface area contributed by atoms with E-state index in [0.29, 0.717) is 17.4 Å². The number of carbonyl (C=O) groups is 1. The van der Waals surface area contributed by atoms with Gasteiger partial charge < -0.3 is 11.1 Å². The highest BCUT2D eigenvalue weighted by molar-refractivity contribution is 6.30. The third-order valence-electron chi connectivity index (χ3n) is 5.39. The first-order valence-corrected chi connectivity index (χ1v) is 9.88. The van der Waals surface area contributed by atoms with Crippen LogP contribution in [0.2, 0.25) is 5.02 Å². The summed E-state index contributed by atoms with van der Waals surface area (Å²) in [7, 11) is 0. The van der Waals surface area contributed by atoms with Crippen molar-refractivity contribution in [2.75, 3.05) is 19.6 Å². The van der Waals surface area contributed by atoms with Crippen LogP contribution in [-0.4, -0.2) is 30.5 Å². The first-order valence-electron chi connectivity index (χ1n) is 9.51. The smallest absolute Gasteiger partial charge is 0.242 e. The van der Waals surface area contributed by atoms with Gasteiger partial charge in [0, 0.05) is 23.8 Å². The van der Waals surface area contributed by atoms with E-state index in [1.54, 1.807) is 18.5 Å². The van der Waals surface area contributed by atoms with Gasteiger partial charge in [0.25, 0.3) is 0 Å². The number of nitrogens with two attached hydrogens (primary N) is 1. The fourth-order valence-corrected chi connectivity index (χ4v) is 3.99. The number of nitrogens with one attached hydrogen (secondary N) is 2. The largest absolute Gasteiger partial charge is 0.368 e. The molecule has 0 radical (unpaired) electrons. The third-order valence-corrected chi connectivity index (χ3v) is 5.63. The molecule has 3 rings (SSSR count). The van der Waals surface area contributed by atoms with E-state index in [1.807, 2.05) is 30.3 Å². The summed E-state index contributed by atoms with van der Waals surface area (Å²) < 4.78 is 0. The minimum atomic E-state index is -1.00. The molecule has 1 aromatic carbocycles. The van der Waals surface area contributed by atoms with E-state index >= 15 is 0 Å². The number of amides is 1. The number of benzene rings is 1. The highest BCUT2D eigenvalue weighted by atomic mass is 35.5. The molecule has 4 N–H and O–H groups in total. The fourth-order valence-electron chi connectivity index (χ4n) is 3.80. The number of hydrogen-bond acceptors (Lipinski definition) is 4. The van der Waals surface area contributed by atoms with Gasteiger partial charge in [-0.3, -0.25) is 15.1 Å². The lowest BCUT2D eigenvalue weighted by Crippen LogP contribution is -2.54. The number of piperidine rings is 1. The topological polar surface area (TPSA) is 80.0 Å². The SMILES string of the molecule is NC(=O)C(Cc1ccncc1)(NCCC1CCNCC1)c1cccc(Cl)c1. The second-order valence-electron chi connectivity index (χ2n) is 7.22. The van der Waals surface area contributed by atoms with Gasteiger partial charge in [0.1, 0.15) is 5.54 Å². The van der Waals surface area contributed by atoms with Crippen molar-refractivity contribution in [3.05, 3.63) is 64.9 Å². The number of rotatable bonds is 8. The van der Waals surface area contributed by atoms with E-state index in [2.05, 4.69) is 15.6 Å². The molecule has 1 aliphatic heterocycles. The standard InChI is InChI=1S/C21H27ClN4O/c22-19-3-1-2-18(14-19)21(20(23)27,15-17-6-11-25-12-7-17)26-13-8-16-4-9-24-10-5-16/h1-3,6-7,11-12,14,16,24,26H,4-5,8-10,13,15H2,(H2,23,27). The fraction of sp³-hybridized carbons (Fsp3) is 0.429. The zero-order chi connectivity index (χ0) is 19.1. The third kappa shape index (κ3) is 5.06. The normalized spacial score (nSPS) is 17.4. The molecule has 0 saturated carbocycles. The monoisotopic (exact) mass is 386 g/mol. The van der Waals surface area contributed by atoms with Crippen molar-refractivity contribution < 1.29 is 4.79 Å². The Hall–Kier alpha value is -1.95. The van der Waals surface area contributed by atoms with E-state index in [1.165, 1.54) is 12.8 Å². The highest BCUT2D eigenvalue weighted by Crippen LogP contribution is 2.28. The lowest BCUT2D eigenvalue weighted by atomic mass is 9.82. The molecule has 1 amide bonds. The Morgan fingerprint density at radius 2 is 2.00 bits per heavy atom. The van der Waals surface area contributed by atoms with Gasteiger partial charge in [-0.1, -0.05) is 23.7 Å². The maximum absolute atomic E-state index is 12.7. The van der Waals surface area contributed by atoms with Crippen molar-refractivity contribution in [1.82, 2.24) is 15.6 Å². The highest BCUT2D eigenvalue weighted by Gasteiger charge is 2.38. The quantitative estimate of drug-likeness (QED) is 0.651. The lowest BCUT2D eigenvalue weighted by molar-refractivity contribution is -0.124. The maximum atomic E-state index is 12.7.